The van der Waals surface area contributed by atoms with Crippen molar-refractivity contribution in [3.8, 4) is 0 Å². The number of nitrogens with zero attached hydrogens (tertiary/aromatic N) is 3. The molecule has 1 saturated heterocycles. The highest BCUT2D eigenvalue weighted by Gasteiger charge is 2.25. The summed E-state index contributed by atoms with van der Waals surface area (Å²) in [7, 11) is 0. The lowest BCUT2D eigenvalue weighted by atomic mass is 10.1. The van der Waals surface area contributed by atoms with Crippen molar-refractivity contribution in [2.75, 3.05) is 24.7 Å². The Hall–Kier alpha value is -2.45. The third kappa shape index (κ3) is 4.18. The van der Waals surface area contributed by atoms with Crippen LogP contribution in [0.3, 0.4) is 0 Å². The monoisotopic (exact) mass is 405 g/mol. The number of morpholine rings is 1. The Labute approximate surface area is 168 Å². The van der Waals surface area contributed by atoms with Crippen LogP contribution in [0.15, 0.2) is 10.9 Å². The molecule has 0 saturated carbocycles. The maximum atomic E-state index is 12.8. The quantitative estimate of drug-likeness (QED) is 0.753. The third-order valence-electron chi connectivity index (χ3n) is 4.87. The zero-order valence-corrected chi connectivity index (χ0v) is 17.2. The van der Waals surface area contributed by atoms with Gasteiger partial charge in [0.25, 0.3) is 11.5 Å². The number of aromatic nitrogens is 3. The number of aryl methyl sites for hydroxylation is 2. The van der Waals surface area contributed by atoms with E-state index >= 15 is 0 Å². The second-order valence-electron chi connectivity index (χ2n) is 7.03. The number of H-pyrrole nitrogens is 1. The van der Waals surface area contributed by atoms with Crippen LogP contribution < -0.4 is 15.8 Å². The number of hydrogen-bond acceptors (Lipinski definition) is 6. The first-order chi connectivity index (χ1) is 13.3. The molecule has 150 valence electrons. The summed E-state index contributed by atoms with van der Waals surface area (Å²) in [6, 6.07) is 1.98. The summed E-state index contributed by atoms with van der Waals surface area (Å²) >= 11 is 6.10. The van der Waals surface area contributed by atoms with Gasteiger partial charge in [0.1, 0.15) is 11.5 Å². The predicted molar refractivity (Wildman–Crippen MR) is 107 cm³/mol. The SMILES string of the molecule is Cc1cc(C)c(CNC(=O)c2nc(Cl)nc(N3CCOC[C@@H]3C)c2C)c(=O)[nH]1. The molecule has 28 heavy (non-hydrogen) atoms. The molecular weight excluding hydrogens is 382 g/mol. The Morgan fingerprint density at radius 3 is 2.82 bits per heavy atom. The van der Waals surface area contributed by atoms with Gasteiger partial charge in [-0.2, -0.15) is 0 Å². The van der Waals surface area contributed by atoms with E-state index in [2.05, 4.69) is 25.2 Å². The van der Waals surface area contributed by atoms with Gasteiger partial charge >= 0.3 is 0 Å². The van der Waals surface area contributed by atoms with Crippen LogP contribution in [-0.2, 0) is 11.3 Å². The number of carbonyl (C=O) groups is 1. The topological polar surface area (TPSA) is 100 Å². The first-order valence-electron chi connectivity index (χ1n) is 9.14. The molecule has 1 aliphatic rings. The fourth-order valence-electron chi connectivity index (χ4n) is 3.37. The molecule has 0 aromatic carbocycles. The van der Waals surface area contributed by atoms with E-state index in [1.165, 1.54) is 0 Å². The Bertz CT molecular complexity index is 959. The lowest BCUT2D eigenvalue weighted by Crippen LogP contribution is -2.44. The standard InChI is InChI=1S/C19H24ClN5O3/c1-10-7-11(2)22-17(26)14(10)8-21-18(27)15-13(4)16(24-19(20)23-15)25-5-6-28-9-12(25)3/h7,12H,5-6,8-9H2,1-4H3,(H,21,27)(H,22,26)/t12-/m0/s1. The summed E-state index contributed by atoms with van der Waals surface area (Å²) in [4.78, 5) is 38.2. The van der Waals surface area contributed by atoms with E-state index in [1.807, 2.05) is 26.8 Å². The molecule has 1 fully saturated rings. The van der Waals surface area contributed by atoms with Crippen LogP contribution in [0.2, 0.25) is 5.28 Å². The highest BCUT2D eigenvalue weighted by molar-refractivity contribution is 6.28. The molecule has 1 amide bonds. The van der Waals surface area contributed by atoms with Crippen LogP contribution in [0.5, 0.6) is 0 Å². The Balaban J connectivity index is 1.85. The summed E-state index contributed by atoms with van der Waals surface area (Å²) in [5.74, 6) is 0.230. The van der Waals surface area contributed by atoms with Gasteiger partial charge in [-0.05, 0) is 50.9 Å². The number of aromatic amines is 1. The molecule has 2 aromatic rings. The smallest absolute Gasteiger partial charge is 0.270 e. The second kappa shape index (κ2) is 8.28. The molecule has 0 spiro atoms. The van der Waals surface area contributed by atoms with E-state index in [9.17, 15) is 9.59 Å². The number of ether oxygens (including phenoxy) is 1. The summed E-state index contributed by atoms with van der Waals surface area (Å²) in [6.45, 7) is 9.42. The normalized spacial score (nSPS) is 16.9. The minimum Gasteiger partial charge on any atom is -0.377 e. The molecule has 2 N–H and O–H groups in total. The fraction of sp³-hybridized carbons (Fsp3) is 0.474. The average molecular weight is 406 g/mol. The molecule has 1 aliphatic heterocycles. The van der Waals surface area contributed by atoms with Crippen LogP contribution in [-0.4, -0.2) is 46.7 Å². The van der Waals surface area contributed by atoms with Crippen molar-refractivity contribution < 1.29 is 9.53 Å². The molecule has 8 nitrogen and oxygen atoms in total. The summed E-state index contributed by atoms with van der Waals surface area (Å²) < 4.78 is 5.47. The minimum absolute atomic E-state index is 0.00815. The van der Waals surface area contributed by atoms with Crippen molar-refractivity contribution in [3.05, 3.63) is 49.8 Å². The number of pyridine rings is 1. The van der Waals surface area contributed by atoms with Crippen LogP contribution in [0, 0.1) is 20.8 Å². The molecule has 0 aliphatic carbocycles. The Kier molecular flexibility index (Phi) is 6.00. The molecule has 0 bridgehead atoms. The highest BCUT2D eigenvalue weighted by atomic mass is 35.5. The Morgan fingerprint density at radius 2 is 2.14 bits per heavy atom. The lowest BCUT2D eigenvalue weighted by molar-refractivity contribution is 0.0943. The largest absolute Gasteiger partial charge is 0.377 e. The molecule has 2 aromatic heterocycles. The zero-order valence-electron chi connectivity index (χ0n) is 16.4. The van der Waals surface area contributed by atoms with Gasteiger partial charge in [0, 0.05) is 29.9 Å². The predicted octanol–water partition coefficient (Wildman–Crippen LogP) is 1.90. The van der Waals surface area contributed by atoms with Gasteiger partial charge in [-0.15, -0.1) is 0 Å². The van der Waals surface area contributed by atoms with E-state index in [4.69, 9.17) is 16.3 Å². The summed E-state index contributed by atoms with van der Waals surface area (Å²) in [6.07, 6.45) is 0. The van der Waals surface area contributed by atoms with Crippen LogP contribution in [0.4, 0.5) is 5.82 Å². The molecule has 3 rings (SSSR count). The van der Waals surface area contributed by atoms with Crippen molar-refractivity contribution >= 4 is 23.3 Å². The van der Waals surface area contributed by atoms with Gasteiger partial charge < -0.3 is 19.9 Å². The number of nitrogens with one attached hydrogen (secondary N) is 2. The number of carbonyl (C=O) groups excluding carboxylic acids is 1. The van der Waals surface area contributed by atoms with E-state index in [0.717, 1.165) is 11.3 Å². The average Bonchev–Trinajstić information content (AvgIpc) is 2.63. The third-order valence-corrected chi connectivity index (χ3v) is 5.04. The van der Waals surface area contributed by atoms with E-state index in [1.54, 1.807) is 6.92 Å². The van der Waals surface area contributed by atoms with Crippen molar-refractivity contribution in [1.29, 1.82) is 0 Å². The number of rotatable bonds is 4. The second-order valence-corrected chi connectivity index (χ2v) is 7.37. The van der Waals surface area contributed by atoms with Gasteiger partial charge in [-0.1, -0.05) is 0 Å². The molecule has 1 atom stereocenters. The van der Waals surface area contributed by atoms with Gasteiger partial charge in [-0.3, -0.25) is 9.59 Å². The summed E-state index contributed by atoms with van der Waals surface area (Å²) in [5.41, 5.74) is 2.75. The van der Waals surface area contributed by atoms with E-state index in [-0.39, 0.29) is 29.1 Å². The molecular formula is C19H24ClN5O3. The lowest BCUT2D eigenvalue weighted by Gasteiger charge is -2.35. The fourth-order valence-corrected chi connectivity index (χ4v) is 3.54. The minimum atomic E-state index is -0.400. The molecule has 0 radical (unpaired) electrons. The highest BCUT2D eigenvalue weighted by Crippen LogP contribution is 2.25. The number of halogens is 1. The summed E-state index contributed by atoms with van der Waals surface area (Å²) in [5, 5.41) is 2.78. The van der Waals surface area contributed by atoms with Gasteiger partial charge in [-0.25, -0.2) is 9.97 Å². The maximum Gasteiger partial charge on any atom is 0.270 e. The van der Waals surface area contributed by atoms with Crippen molar-refractivity contribution in [2.45, 2.75) is 40.3 Å². The number of amides is 1. The van der Waals surface area contributed by atoms with Crippen molar-refractivity contribution in [2.24, 2.45) is 0 Å². The maximum absolute atomic E-state index is 12.8. The van der Waals surface area contributed by atoms with Gasteiger partial charge in [0.2, 0.25) is 5.28 Å². The zero-order chi connectivity index (χ0) is 20.4. The van der Waals surface area contributed by atoms with Gasteiger partial charge in [0.05, 0.1) is 19.3 Å². The van der Waals surface area contributed by atoms with Crippen molar-refractivity contribution in [1.82, 2.24) is 20.3 Å². The number of anilines is 1. The van der Waals surface area contributed by atoms with Crippen LogP contribution in [0.25, 0.3) is 0 Å². The number of hydrogen-bond donors (Lipinski definition) is 2. The van der Waals surface area contributed by atoms with Gasteiger partial charge in [0.15, 0.2) is 0 Å². The molecule has 3 heterocycles. The molecule has 9 heteroatoms. The molecule has 0 unspecified atom stereocenters. The Morgan fingerprint density at radius 1 is 1.39 bits per heavy atom. The first kappa shape index (κ1) is 20.3. The van der Waals surface area contributed by atoms with Crippen molar-refractivity contribution in [3.63, 3.8) is 0 Å². The van der Waals surface area contributed by atoms with Crippen LogP contribution >= 0.6 is 11.6 Å². The van der Waals surface area contributed by atoms with E-state index < -0.39 is 5.91 Å². The first-order valence-corrected chi connectivity index (χ1v) is 9.52. The van der Waals surface area contributed by atoms with E-state index in [0.29, 0.717) is 36.7 Å². The van der Waals surface area contributed by atoms with Crippen LogP contribution in [0.1, 0.15) is 39.8 Å².